The number of aromatic nitrogens is 2. The molecule has 0 aliphatic carbocycles. The second-order valence-corrected chi connectivity index (χ2v) is 9.12. The molecule has 4 nitrogen and oxygen atoms in total. The molecular weight excluding hydrogens is 400 g/mol. The summed E-state index contributed by atoms with van der Waals surface area (Å²) >= 11 is 5.77. The van der Waals surface area contributed by atoms with Gasteiger partial charge in [0.05, 0.1) is 23.5 Å². The molecule has 0 bridgehead atoms. The largest absolute Gasteiger partial charge is 0.352 e. The van der Waals surface area contributed by atoms with E-state index in [2.05, 4.69) is 91.6 Å². The molecule has 1 aliphatic heterocycles. The van der Waals surface area contributed by atoms with Crippen molar-refractivity contribution in [2.45, 2.75) is 60.0 Å². The number of thiocarbonyl (C=S) groups is 1. The van der Waals surface area contributed by atoms with Crippen molar-refractivity contribution >= 4 is 17.3 Å². The second-order valence-electron chi connectivity index (χ2n) is 8.73. The van der Waals surface area contributed by atoms with Crippen molar-refractivity contribution in [3.8, 4) is 5.69 Å². The molecule has 0 amide bonds. The van der Waals surface area contributed by atoms with E-state index in [1.54, 1.807) is 0 Å². The quantitative estimate of drug-likeness (QED) is 0.517. The third kappa shape index (κ3) is 3.76. The maximum atomic E-state index is 5.77. The van der Waals surface area contributed by atoms with Crippen LogP contribution in [0.5, 0.6) is 0 Å². The van der Waals surface area contributed by atoms with Crippen molar-refractivity contribution in [1.82, 2.24) is 19.8 Å². The molecule has 0 spiro atoms. The van der Waals surface area contributed by atoms with Gasteiger partial charge in [0, 0.05) is 24.1 Å². The van der Waals surface area contributed by atoms with Crippen molar-refractivity contribution in [1.29, 1.82) is 0 Å². The first-order valence-electron chi connectivity index (χ1n) is 11.1. The van der Waals surface area contributed by atoms with Gasteiger partial charge in [-0.15, -0.1) is 0 Å². The topological polar surface area (TPSA) is 33.1 Å². The fourth-order valence-corrected chi connectivity index (χ4v) is 5.51. The molecule has 1 fully saturated rings. The van der Waals surface area contributed by atoms with Crippen LogP contribution in [0.25, 0.3) is 5.69 Å². The summed E-state index contributed by atoms with van der Waals surface area (Å²) in [6, 6.07) is 13.1. The molecule has 5 heteroatoms. The van der Waals surface area contributed by atoms with Gasteiger partial charge in [-0.2, -0.15) is 0 Å². The molecule has 162 valence electrons. The fourth-order valence-electron chi connectivity index (χ4n) is 5.18. The Morgan fingerprint density at radius 1 is 1.03 bits per heavy atom. The SMILES string of the molecule is CCCN1C(=S)N[C@H](c2ccccn2)[C@@H]1c1cc(C)n(-c2c(C)cc(C)cc2C)c1C. The van der Waals surface area contributed by atoms with E-state index in [-0.39, 0.29) is 12.1 Å². The number of nitrogens with one attached hydrogen (secondary N) is 1. The first kappa shape index (κ1) is 21.6. The standard InChI is InChI=1S/C26H32N4S/c1-7-12-29-25(23(28-26(29)31)22-10-8-9-11-27-22)21-15-19(5)30(20(21)6)24-17(3)13-16(2)14-18(24)4/h8-11,13-15,23,25H,7,12H2,1-6H3,(H,28,31)/t23-,25+/m1/s1. The summed E-state index contributed by atoms with van der Waals surface area (Å²) in [5, 5.41) is 4.38. The third-order valence-corrected chi connectivity index (χ3v) is 6.66. The molecule has 1 saturated heterocycles. The lowest BCUT2D eigenvalue weighted by atomic mass is 9.96. The minimum atomic E-state index is 0.0365. The lowest BCUT2D eigenvalue weighted by Crippen LogP contribution is -2.30. The van der Waals surface area contributed by atoms with Crippen LogP contribution in [0.3, 0.4) is 0 Å². The van der Waals surface area contributed by atoms with Crippen molar-refractivity contribution in [2.24, 2.45) is 0 Å². The third-order valence-electron chi connectivity index (χ3n) is 6.31. The summed E-state index contributed by atoms with van der Waals surface area (Å²) in [6.07, 6.45) is 2.91. The normalized spacial score (nSPS) is 18.5. The number of rotatable bonds is 5. The van der Waals surface area contributed by atoms with E-state index < -0.39 is 0 Å². The Kier molecular flexibility index (Phi) is 5.89. The molecule has 1 aliphatic rings. The van der Waals surface area contributed by atoms with Gasteiger partial charge in [0.2, 0.25) is 0 Å². The molecule has 1 aromatic carbocycles. The van der Waals surface area contributed by atoms with Gasteiger partial charge in [0.15, 0.2) is 5.11 Å². The number of aryl methyl sites for hydroxylation is 4. The summed E-state index contributed by atoms with van der Waals surface area (Å²) in [5.74, 6) is 0. The molecule has 1 N–H and O–H groups in total. The summed E-state index contributed by atoms with van der Waals surface area (Å²) in [7, 11) is 0. The van der Waals surface area contributed by atoms with Gasteiger partial charge in [0.1, 0.15) is 0 Å². The second kappa shape index (κ2) is 8.46. The van der Waals surface area contributed by atoms with Crippen LogP contribution in [0.2, 0.25) is 0 Å². The maximum Gasteiger partial charge on any atom is 0.170 e. The van der Waals surface area contributed by atoms with Gasteiger partial charge in [-0.05, 0) is 88.1 Å². The predicted molar refractivity (Wildman–Crippen MR) is 132 cm³/mol. The lowest BCUT2D eigenvalue weighted by molar-refractivity contribution is 0.316. The zero-order chi connectivity index (χ0) is 22.3. The summed E-state index contributed by atoms with van der Waals surface area (Å²) in [5.41, 5.74) is 10.1. The van der Waals surface area contributed by atoms with Crippen LogP contribution in [0.1, 0.15) is 64.8 Å². The van der Waals surface area contributed by atoms with Crippen LogP contribution >= 0.6 is 12.2 Å². The van der Waals surface area contributed by atoms with Gasteiger partial charge in [0.25, 0.3) is 0 Å². The Morgan fingerprint density at radius 2 is 1.74 bits per heavy atom. The van der Waals surface area contributed by atoms with Gasteiger partial charge >= 0.3 is 0 Å². The number of hydrogen-bond donors (Lipinski definition) is 1. The van der Waals surface area contributed by atoms with E-state index in [1.807, 2.05) is 12.3 Å². The number of hydrogen-bond acceptors (Lipinski definition) is 2. The molecule has 31 heavy (non-hydrogen) atoms. The highest BCUT2D eigenvalue weighted by Crippen LogP contribution is 2.41. The zero-order valence-electron chi connectivity index (χ0n) is 19.4. The Balaban J connectivity index is 1.88. The average molecular weight is 433 g/mol. The molecule has 2 aromatic heterocycles. The molecular formula is C26H32N4S. The highest BCUT2D eigenvalue weighted by Gasteiger charge is 2.41. The van der Waals surface area contributed by atoms with E-state index in [0.29, 0.717) is 0 Å². The minimum absolute atomic E-state index is 0.0365. The first-order chi connectivity index (χ1) is 14.8. The minimum Gasteiger partial charge on any atom is -0.352 e. The van der Waals surface area contributed by atoms with Crippen LogP contribution < -0.4 is 5.32 Å². The lowest BCUT2D eigenvalue weighted by Gasteiger charge is -2.28. The smallest absolute Gasteiger partial charge is 0.170 e. The van der Waals surface area contributed by atoms with Crippen molar-refractivity contribution < 1.29 is 0 Å². The molecule has 0 radical (unpaired) electrons. The highest BCUT2D eigenvalue weighted by molar-refractivity contribution is 7.80. The van der Waals surface area contributed by atoms with Crippen LogP contribution in [0.4, 0.5) is 0 Å². The van der Waals surface area contributed by atoms with Crippen molar-refractivity contribution in [2.75, 3.05) is 6.54 Å². The Labute approximate surface area is 191 Å². The van der Waals surface area contributed by atoms with Crippen LogP contribution in [0.15, 0.2) is 42.6 Å². The van der Waals surface area contributed by atoms with Crippen molar-refractivity contribution in [3.63, 3.8) is 0 Å². The highest BCUT2D eigenvalue weighted by atomic mass is 32.1. The van der Waals surface area contributed by atoms with E-state index in [0.717, 1.165) is 23.8 Å². The van der Waals surface area contributed by atoms with Gasteiger partial charge < -0.3 is 14.8 Å². The fraction of sp³-hybridized carbons (Fsp3) is 0.385. The molecule has 2 atom stereocenters. The molecule has 3 heterocycles. The monoisotopic (exact) mass is 432 g/mol. The summed E-state index contributed by atoms with van der Waals surface area (Å²) in [6.45, 7) is 14.1. The maximum absolute atomic E-state index is 5.77. The van der Waals surface area contributed by atoms with Crippen molar-refractivity contribution in [3.05, 3.63) is 81.9 Å². The van der Waals surface area contributed by atoms with E-state index in [1.165, 1.54) is 39.3 Å². The molecule has 3 aromatic rings. The van der Waals surface area contributed by atoms with E-state index in [4.69, 9.17) is 12.2 Å². The zero-order valence-corrected chi connectivity index (χ0v) is 20.2. The molecule has 4 rings (SSSR count). The van der Waals surface area contributed by atoms with E-state index in [9.17, 15) is 0 Å². The van der Waals surface area contributed by atoms with Gasteiger partial charge in [-0.1, -0.05) is 30.7 Å². The Morgan fingerprint density at radius 3 is 2.35 bits per heavy atom. The Bertz CT molecular complexity index is 1090. The number of pyridine rings is 1. The first-order valence-corrected chi connectivity index (χ1v) is 11.5. The van der Waals surface area contributed by atoms with E-state index >= 15 is 0 Å². The van der Waals surface area contributed by atoms with Crippen LogP contribution in [-0.2, 0) is 0 Å². The van der Waals surface area contributed by atoms with Crippen LogP contribution in [0, 0.1) is 34.6 Å². The average Bonchev–Trinajstić information content (AvgIpc) is 3.19. The van der Waals surface area contributed by atoms with Crippen LogP contribution in [-0.4, -0.2) is 26.1 Å². The Hall–Kier alpha value is -2.66. The summed E-state index contributed by atoms with van der Waals surface area (Å²) < 4.78 is 2.42. The summed E-state index contributed by atoms with van der Waals surface area (Å²) in [4.78, 5) is 7.01. The predicted octanol–water partition coefficient (Wildman–Crippen LogP) is 5.80. The number of nitrogens with zero attached hydrogens (tertiary/aromatic N) is 3. The molecule has 0 unspecified atom stereocenters. The number of benzene rings is 1. The van der Waals surface area contributed by atoms with Gasteiger partial charge in [-0.25, -0.2) is 0 Å². The van der Waals surface area contributed by atoms with Gasteiger partial charge in [-0.3, -0.25) is 4.98 Å². The molecule has 0 saturated carbocycles.